The highest BCUT2D eigenvalue weighted by atomic mass is 32.1. The van der Waals surface area contributed by atoms with Crippen LogP contribution in [0.1, 0.15) is 56.8 Å². The van der Waals surface area contributed by atoms with E-state index in [0.717, 1.165) is 21.4 Å². The van der Waals surface area contributed by atoms with Crippen LogP contribution in [0.2, 0.25) is 0 Å². The molecule has 0 aliphatic carbocycles. The monoisotopic (exact) mass is 346 g/mol. The summed E-state index contributed by atoms with van der Waals surface area (Å²) in [6.07, 6.45) is 0.272. The molecule has 0 bridgehead atoms. The van der Waals surface area contributed by atoms with E-state index >= 15 is 0 Å². The van der Waals surface area contributed by atoms with Crippen LogP contribution in [-0.4, -0.2) is 18.7 Å². The summed E-state index contributed by atoms with van der Waals surface area (Å²) in [5.74, 6) is 0.951. The minimum Gasteiger partial charge on any atom is -0.497 e. The molecule has 0 radical (unpaired) electrons. The Balaban J connectivity index is 2.66. The predicted molar refractivity (Wildman–Crippen MR) is 100 cm³/mol. The fraction of sp³-hybridized carbons (Fsp3) is 0.500. The molecule has 0 aliphatic rings. The molecular formula is C20H26O3S. The number of carbonyl (C=O) groups is 2. The molecule has 0 spiro atoms. The Bertz CT molecular complexity index is 786. The fourth-order valence-electron chi connectivity index (χ4n) is 2.38. The van der Waals surface area contributed by atoms with E-state index in [9.17, 15) is 9.59 Å². The molecule has 2 aromatic rings. The molecule has 1 aromatic carbocycles. The lowest BCUT2D eigenvalue weighted by Crippen LogP contribution is -2.24. The second-order valence-corrected chi connectivity index (χ2v) is 9.25. The molecular weight excluding hydrogens is 320 g/mol. The quantitative estimate of drug-likeness (QED) is 0.706. The van der Waals surface area contributed by atoms with Crippen molar-refractivity contribution in [3.05, 3.63) is 28.6 Å². The van der Waals surface area contributed by atoms with E-state index in [2.05, 4.69) is 0 Å². The Morgan fingerprint density at radius 3 is 2.17 bits per heavy atom. The Morgan fingerprint density at radius 1 is 1.04 bits per heavy atom. The zero-order valence-corrected chi connectivity index (χ0v) is 16.4. The normalized spacial score (nSPS) is 12.5. The summed E-state index contributed by atoms with van der Waals surface area (Å²) in [4.78, 5) is 26.2. The number of hydrogen-bond acceptors (Lipinski definition) is 4. The van der Waals surface area contributed by atoms with Crippen LogP contribution in [0, 0.1) is 10.8 Å². The van der Waals surface area contributed by atoms with Crippen LogP contribution in [0.3, 0.4) is 0 Å². The van der Waals surface area contributed by atoms with E-state index in [-0.39, 0.29) is 18.0 Å². The summed E-state index contributed by atoms with van der Waals surface area (Å²) in [5.41, 5.74) is -0.0756. The highest BCUT2D eigenvalue weighted by Crippen LogP contribution is 2.38. The molecule has 24 heavy (non-hydrogen) atoms. The van der Waals surface area contributed by atoms with Crippen molar-refractivity contribution in [2.24, 2.45) is 10.8 Å². The first-order valence-corrected chi connectivity index (χ1v) is 8.94. The molecule has 0 saturated carbocycles. The number of ketones is 2. The van der Waals surface area contributed by atoms with Gasteiger partial charge in [0.15, 0.2) is 5.78 Å². The van der Waals surface area contributed by atoms with Crippen LogP contribution in [0.5, 0.6) is 5.75 Å². The lowest BCUT2D eigenvalue weighted by Gasteiger charge is -2.19. The molecule has 4 heteroatoms. The standard InChI is InChI=1S/C20H26O3S/c1-19(2,3)16(21)11-14-13-10-12(23-7)8-9-15(13)24-17(14)18(22)20(4,5)6/h8-10H,11H2,1-7H3. The number of Topliss-reactive ketones (excluding diaryl/α,β-unsaturated/α-hetero) is 2. The molecule has 1 aromatic heterocycles. The van der Waals surface area contributed by atoms with Gasteiger partial charge in [0.05, 0.1) is 12.0 Å². The maximum atomic E-state index is 12.9. The van der Waals surface area contributed by atoms with Gasteiger partial charge in [-0.25, -0.2) is 0 Å². The van der Waals surface area contributed by atoms with Crippen LogP contribution in [0.25, 0.3) is 10.1 Å². The van der Waals surface area contributed by atoms with Gasteiger partial charge in [0.1, 0.15) is 11.5 Å². The van der Waals surface area contributed by atoms with Crippen LogP contribution in [-0.2, 0) is 11.2 Å². The van der Waals surface area contributed by atoms with Gasteiger partial charge in [-0.1, -0.05) is 41.5 Å². The minimum atomic E-state index is -0.482. The Labute approximate surface area is 148 Å². The molecule has 0 unspecified atom stereocenters. The zero-order chi connectivity index (χ0) is 18.3. The lowest BCUT2D eigenvalue weighted by atomic mass is 9.84. The maximum Gasteiger partial charge on any atom is 0.178 e. The highest BCUT2D eigenvalue weighted by Gasteiger charge is 2.31. The maximum absolute atomic E-state index is 12.9. The average molecular weight is 346 g/mol. The van der Waals surface area contributed by atoms with Gasteiger partial charge in [-0.2, -0.15) is 0 Å². The number of methoxy groups -OCH3 is 1. The molecule has 130 valence electrons. The summed E-state index contributed by atoms with van der Waals surface area (Å²) in [6.45, 7) is 11.5. The van der Waals surface area contributed by atoms with Gasteiger partial charge in [-0.15, -0.1) is 11.3 Å². The number of rotatable bonds is 4. The Morgan fingerprint density at radius 2 is 1.67 bits per heavy atom. The van der Waals surface area contributed by atoms with Crippen molar-refractivity contribution in [1.29, 1.82) is 0 Å². The third-order valence-corrected chi connectivity index (χ3v) is 5.27. The average Bonchev–Trinajstić information content (AvgIpc) is 2.82. The summed E-state index contributed by atoms with van der Waals surface area (Å²) in [6, 6.07) is 5.78. The highest BCUT2D eigenvalue weighted by molar-refractivity contribution is 7.21. The second kappa shape index (κ2) is 6.32. The van der Waals surface area contributed by atoms with Crippen LogP contribution in [0.15, 0.2) is 18.2 Å². The zero-order valence-electron chi connectivity index (χ0n) is 15.6. The fourth-order valence-corrected chi connectivity index (χ4v) is 3.73. The topological polar surface area (TPSA) is 43.4 Å². The van der Waals surface area contributed by atoms with E-state index in [4.69, 9.17) is 4.74 Å². The SMILES string of the molecule is COc1ccc2sc(C(=O)C(C)(C)C)c(CC(=O)C(C)(C)C)c2c1. The Kier molecular flexibility index (Phi) is 4.91. The molecule has 0 amide bonds. The van der Waals surface area contributed by atoms with Crippen LogP contribution >= 0.6 is 11.3 Å². The number of hydrogen-bond donors (Lipinski definition) is 0. The minimum absolute atomic E-state index is 0.0828. The largest absolute Gasteiger partial charge is 0.497 e. The van der Waals surface area contributed by atoms with Gasteiger partial charge in [0.25, 0.3) is 0 Å². The summed E-state index contributed by atoms with van der Waals surface area (Å²) < 4.78 is 6.34. The molecule has 0 aliphatic heterocycles. The van der Waals surface area contributed by atoms with Crippen molar-refractivity contribution in [2.75, 3.05) is 7.11 Å². The van der Waals surface area contributed by atoms with Gasteiger partial charge in [0.2, 0.25) is 0 Å². The number of thiophene rings is 1. The van der Waals surface area contributed by atoms with Crippen LogP contribution < -0.4 is 4.74 Å². The van der Waals surface area contributed by atoms with Crippen LogP contribution in [0.4, 0.5) is 0 Å². The molecule has 2 rings (SSSR count). The van der Waals surface area contributed by atoms with Gasteiger partial charge in [-0.3, -0.25) is 9.59 Å². The van der Waals surface area contributed by atoms with E-state index < -0.39 is 10.8 Å². The molecule has 0 atom stereocenters. The van der Waals surface area contributed by atoms with Gasteiger partial charge in [-0.05, 0) is 23.8 Å². The summed E-state index contributed by atoms with van der Waals surface area (Å²) in [7, 11) is 1.62. The first-order valence-electron chi connectivity index (χ1n) is 8.12. The molecule has 3 nitrogen and oxygen atoms in total. The first-order chi connectivity index (χ1) is 10.9. The predicted octanol–water partition coefficient (Wildman–Crippen LogP) is 5.30. The molecule has 0 N–H and O–H groups in total. The van der Waals surface area contributed by atoms with Gasteiger partial charge in [0, 0.05) is 27.3 Å². The number of ether oxygens (including phenoxy) is 1. The van der Waals surface area contributed by atoms with Crippen molar-refractivity contribution < 1.29 is 14.3 Å². The molecule has 0 saturated heterocycles. The van der Waals surface area contributed by atoms with Crippen molar-refractivity contribution in [2.45, 2.75) is 48.0 Å². The van der Waals surface area contributed by atoms with E-state index in [1.54, 1.807) is 7.11 Å². The van der Waals surface area contributed by atoms with E-state index in [1.807, 2.05) is 59.7 Å². The van der Waals surface area contributed by atoms with Crippen molar-refractivity contribution in [1.82, 2.24) is 0 Å². The van der Waals surface area contributed by atoms with E-state index in [0.29, 0.717) is 4.88 Å². The smallest absolute Gasteiger partial charge is 0.178 e. The molecule has 0 fully saturated rings. The molecule has 1 heterocycles. The third-order valence-electron chi connectivity index (χ3n) is 4.06. The van der Waals surface area contributed by atoms with Crippen molar-refractivity contribution in [3.63, 3.8) is 0 Å². The number of carbonyl (C=O) groups excluding carboxylic acids is 2. The number of benzene rings is 1. The number of fused-ring (bicyclic) bond motifs is 1. The lowest BCUT2D eigenvalue weighted by molar-refractivity contribution is -0.125. The van der Waals surface area contributed by atoms with Crippen molar-refractivity contribution >= 4 is 33.0 Å². The first kappa shape index (κ1) is 18.7. The Hall–Kier alpha value is -1.68. The third kappa shape index (κ3) is 3.69. The van der Waals surface area contributed by atoms with Gasteiger partial charge >= 0.3 is 0 Å². The summed E-state index contributed by atoms with van der Waals surface area (Å²) in [5, 5.41) is 0.949. The second-order valence-electron chi connectivity index (χ2n) is 8.20. The van der Waals surface area contributed by atoms with Gasteiger partial charge < -0.3 is 4.74 Å². The summed E-state index contributed by atoms with van der Waals surface area (Å²) >= 11 is 1.47. The van der Waals surface area contributed by atoms with Crippen molar-refractivity contribution in [3.8, 4) is 5.75 Å². The van der Waals surface area contributed by atoms with E-state index in [1.165, 1.54) is 11.3 Å².